The Morgan fingerprint density at radius 2 is 2.00 bits per heavy atom. The zero-order chi connectivity index (χ0) is 12.9. The first-order chi connectivity index (χ1) is 7.93. The molecule has 0 aliphatic carbocycles. The van der Waals surface area contributed by atoms with Crippen molar-refractivity contribution in [1.82, 2.24) is 0 Å². The van der Waals surface area contributed by atoms with Crippen LogP contribution in [0.1, 0.15) is 0 Å². The molecule has 0 saturated carbocycles. The fraction of sp³-hybridized carbons (Fsp3) is 0.400. The van der Waals surface area contributed by atoms with E-state index in [-0.39, 0.29) is 18.0 Å². The first kappa shape index (κ1) is 13.6. The number of rotatable bonds is 6. The van der Waals surface area contributed by atoms with Crippen LogP contribution in [0.3, 0.4) is 0 Å². The van der Waals surface area contributed by atoms with Crippen LogP contribution in [0.25, 0.3) is 5.53 Å². The van der Waals surface area contributed by atoms with Gasteiger partial charge in [0.2, 0.25) is 0 Å². The number of benzene rings is 1. The van der Waals surface area contributed by atoms with E-state index >= 15 is 0 Å². The minimum Gasteiger partial charge on any atom is -0.508 e. The normalized spacial score (nSPS) is 13.1. The Balaban J connectivity index is 2.60. The molecule has 0 spiro atoms. The molecule has 0 aromatic heterocycles. The van der Waals surface area contributed by atoms with Crippen molar-refractivity contribution in [3.05, 3.63) is 29.8 Å². The van der Waals surface area contributed by atoms with Gasteiger partial charge in [-0.2, -0.15) is 0 Å². The molecule has 6 nitrogen and oxygen atoms in total. The first-order valence-electron chi connectivity index (χ1n) is 4.91. The molecular weight excluding hydrogens is 244 g/mol. The second-order valence-electron chi connectivity index (χ2n) is 3.57. The SMILES string of the molecule is CS(=O)(=O)c1ccc(OC[C@H](O)C[NH+]=[N-])cc1. The van der Waals surface area contributed by atoms with Crippen molar-refractivity contribution < 1.29 is 23.4 Å². The quantitative estimate of drug-likeness (QED) is 0.635. The highest BCUT2D eigenvalue weighted by atomic mass is 32.2. The third-order valence-electron chi connectivity index (χ3n) is 2.02. The van der Waals surface area contributed by atoms with Crippen LogP contribution in [0, 0.1) is 0 Å². The van der Waals surface area contributed by atoms with Gasteiger partial charge in [0.1, 0.15) is 18.5 Å². The van der Waals surface area contributed by atoms with E-state index in [0.29, 0.717) is 5.75 Å². The van der Waals surface area contributed by atoms with Crippen LogP contribution in [0.15, 0.2) is 29.2 Å². The molecule has 0 heterocycles. The lowest BCUT2D eigenvalue weighted by molar-refractivity contribution is -0.492. The first-order valence-corrected chi connectivity index (χ1v) is 6.80. The predicted octanol–water partition coefficient (Wildman–Crippen LogP) is -1.07. The molecule has 0 unspecified atom stereocenters. The molecule has 1 aromatic rings. The second kappa shape index (κ2) is 5.74. The molecule has 1 aromatic carbocycles. The average Bonchev–Trinajstić information content (AvgIpc) is 2.26. The molecule has 1 atom stereocenters. The third-order valence-corrected chi connectivity index (χ3v) is 3.15. The number of aliphatic hydroxyl groups is 1. The highest BCUT2D eigenvalue weighted by Crippen LogP contribution is 2.15. The van der Waals surface area contributed by atoms with Crippen LogP contribution in [0.4, 0.5) is 0 Å². The summed E-state index contributed by atoms with van der Waals surface area (Å²) in [5.74, 6) is 0.453. The van der Waals surface area contributed by atoms with Crippen molar-refractivity contribution in [1.29, 1.82) is 0 Å². The Bertz CT molecular complexity index is 470. The summed E-state index contributed by atoms with van der Waals surface area (Å²) in [4.78, 5) is 0.211. The highest BCUT2D eigenvalue weighted by Gasteiger charge is 2.08. The van der Waals surface area contributed by atoms with E-state index in [1.54, 1.807) is 0 Å². The number of aliphatic hydroxyl groups excluding tert-OH is 1. The van der Waals surface area contributed by atoms with Gasteiger partial charge >= 0.3 is 0 Å². The van der Waals surface area contributed by atoms with E-state index in [0.717, 1.165) is 6.26 Å². The molecule has 0 aliphatic heterocycles. The Labute approximate surface area is 99.7 Å². The Morgan fingerprint density at radius 1 is 1.41 bits per heavy atom. The lowest BCUT2D eigenvalue weighted by Crippen LogP contribution is -2.67. The van der Waals surface area contributed by atoms with E-state index in [1.807, 2.05) is 5.11 Å². The largest absolute Gasteiger partial charge is 0.508 e. The van der Waals surface area contributed by atoms with Gasteiger partial charge in [-0.3, -0.25) is 0 Å². The van der Waals surface area contributed by atoms with Crippen LogP contribution in [0.2, 0.25) is 0 Å². The summed E-state index contributed by atoms with van der Waals surface area (Å²) in [6.45, 7) is 0.00715. The van der Waals surface area contributed by atoms with Crippen LogP contribution in [-0.4, -0.2) is 39.0 Å². The number of nitrogens with one attached hydrogen (secondary N) is 1. The molecule has 94 valence electrons. The lowest BCUT2D eigenvalue weighted by atomic mass is 10.3. The molecule has 0 amide bonds. The second-order valence-corrected chi connectivity index (χ2v) is 5.59. The summed E-state index contributed by atoms with van der Waals surface area (Å²) in [5.41, 5.74) is 8.33. The zero-order valence-corrected chi connectivity index (χ0v) is 10.1. The highest BCUT2D eigenvalue weighted by molar-refractivity contribution is 7.90. The van der Waals surface area contributed by atoms with Gasteiger partial charge in [-0.1, -0.05) is 0 Å². The van der Waals surface area contributed by atoms with Crippen molar-refractivity contribution >= 4 is 9.84 Å². The minimum atomic E-state index is -3.21. The molecule has 0 aliphatic rings. The molecule has 0 saturated heterocycles. The minimum absolute atomic E-state index is 0.00141. The lowest BCUT2D eigenvalue weighted by Gasteiger charge is -2.09. The summed E-state index contributed by atoms with van der Waals surface area (Å²) in [6, 6.07) is 5.88. The Hall–Kier alpha value is -1.47. The molecular formula is C10H14N2O4S. The van der Waals surface area contributed by atoms with Gasteiger partial charge in [-0.15, -0.1) is 0 Å². The zero-order valence-electron chi connectivity index (χ0n) is 9.33. The van der Waals surface area contributed by atoms with Crippen molar-refractivity contribution in [2.75, 3.05) is 19.4 Å². The van der Waals surface area contributed by atoms with Gasteiger partial charge in [0.25, 0.3) is 0 Å². The number of ether oxygens (including phenoxy) is 1. The number of sulfone groups is 1. The van der Waals surface area contributed by atoms with Gasteiger partial charge in [0.05, 0.1) is 4.90 Å². The van der Waals surface area contributed by atoms with Gasteiger partial charge < -0.3 is 20.5 Å². The van der Waals surface area contributed by atoms with Crippen molar-refractivity contribution in [2.24, 2.45) is 0 Å². The molecule has 0 radical (unpaired) electrons. The molecule has 0 bridgehead atoms. The Morgan fingerprint density at radius 3 is 2.47 bits per heavy atom. The number of hydrogen-bond donors (Lipinski definition) is 2. The third kappa shape index (κ3) is 4.49. The number of nitrogens with zero attached hydrogens (tertiary/aromatic N) is 1. The van der Waals surface area contributed by atoms with E-state index in [1.165, 1.54) is 24.3 Å². The Kier molecular flexibility index (Phi) is 4.59. The van der Waals surface area contributed by atoms with Crippen LogP contribution in [0.5, 0.6) is 5.75 Å². The van der Waals surface area contributed by atoms with Gasteiger partial charge in [-0.05, 0) is 24.3 Å². The van der Waals surface area contributed by atoms with Crippen molar-refractivity contribution in [3.63, 3.8) is 0 Å². The average molecular weight is 258 g/mol. The van der Waals surface area contributed by atoms with Crippen molar-refractivity contribution in [3.8, 4) is 5.75 Å². The summed E-state index contributed by atoms with van der Waals surface area (Å²) in [7, 11) is -3.21. The van der Waals surface area contributed by atoms with E-state index in [9.17, 15) is 13.5 Å². The smallest absolute Gasteiger partial charge is 0.175 e. The molecule has 7 heteroatoms. The topological polar surface area (TPSA) is 99.9 Å². The maximum absolute atomic E-state index is 11.2. The summed E-state index contributed by atoms with van der Waals surface area (Å²) >= 11 is 0. The van der Waals surface area contributed by atoms with E-state index in [2.05, 4.69) is 0 Å². The van der Waals surface area contributed by atoms with Crippen molar-refractivity contribution in [2.45, 2.75) is 11.0 Å². The van der Waals surface area contributed by atoms with E-state index < -0.39 is 15.9 Å². The fourth-order valence-electron chi connectivity index (χ4n) is 1.14. The van der Waals surface area contributed by atoms with Gasteiger partial charge in [-0.25, -0.2) is 8.42 Å². The predicted molar refractivity (Wildman–Crippen MR) is 60.2 cm³/mol. The summed E-state index contributed by atoms with van der Waals surface area (Å²) < 4.78 is 27.5. The van der Waals surface area contributed by atoms with Gasteiger partial charge in [0, 0.05) is 6.26 Å². The number of hydrogen-bond acceptors (Lipinski definition) is 4. The standard InChI is InChI=1S/C10H14N2O4S/c1-17(14,15)10-4-2-9(3-5-10)16-7-8(13)6-12-11/h2-5,8,12-13H,6-7H2,1H3/t8-/m1/s1. The fourth-order valence-corrected chi connectivity index (χ4v) is 1.77. The van der Waals surface area contributed by atoms with Crippen LogP contribution < -0.4 is 9.85 Å². The maximum atomic E-state index is 11.2. The van der Waals surface area contributed by atoms with E-state index in [4.69, 9.17) is 10.3 Å². The summed E-state index contributed by atoms with van der Waals surface area (Å²) in [6.07, 6.45) is 0.286. The maximum Gasteiger partial charge on any atom is 0.175 e. The van der Waals surface area contributed by atoms with Gasteiger partial charge in [0.15, 0.2) is 16.4 Å². The summed E-state index contributed by atoms with van der Waals surface area (Å²) in [5, 5.41) is 11.1. The molecule has 2 N–H and O–H groups in total. The van der Waals surface area contributed by atoms with Crippen LogP contribution in [-0.2, 0) is 9.84 Å². The molecule has 0 fully saturated rings. The monoisotopic (exact) mass is 258 g/mol. The molecule has 17 heavy (non-hydrogen) atoms. The van der Waals surface area contributed by atoms with Crippen LogP contribution >= 0.6 is 0 Å². The molecule has 1 rings (SSSR count).